The van der Waals surface area contributed by atoms with Gasteiger partial charge in [-0.05, 0) is 36.2 Å². The molecule has 2 aromatic rings. The van der Waals surface area contributed by atoms with Gasteiger partial charge in [-0.1, -0.05) is 0 Å². The van der Waals surface area contributed by atoms with Crippen molar-refractivity contribution in [2.75, 3.05) is 19.9 Å². The normalized spacial score (nSPS) is 17.8. The second-order valence-corrected chi connectivity index (χ2v) is 6.32. The number of benzene rings is 1. The van der Waals surface area contributed by atoms with Gasteiger partial charge in [0.2, 0.25) is 6.79 Å². The number of hydrogen-bond donors (Lipinski definition) is 2. The van der Waals surface area contributed by atoms with Crippen LogP contribution >= 0.6 is 0 Å². The van der Waals surface area contributed by atoms with Crippen molar-refractivity contribution in [2.45, 2.75) is 32.7 Å². The Balaban J connectivity index is 1.50. The number of aliphatic hydroxyl groups is 2. The molecule has 0 saturated carbocycles. The highest BCUT2D eigenvalue weighted by Gasteiger charge is 2.22. The summed E-state index contributed by atoms with van der Waals surface area (Å²) >= 11 is 0. The Morgan fingerprint density at radius 1 is 1.21 bits per heavy atom. The van der Waals surface area contributed by atoms with E-state index in [4.69, 9.17) is 14.6 Å². The summed E-state index contributed by atoms with van der Waals surface area (Å²) < 4.78 is 12.8. The average Bonchev–Trinajstić information content (AvgIpc) is 3.20. The van der Waals surface area contributed by atoms with E-state index in [1.54, 1.807) is 0 Å². The molecule has 1 aromatic carbocycles. The van der Waals surface area contributed by atoms with Crippen LogP contribution in [-0.2, 0) is 19.6 Å². The third-order valence-electron chi connectivity index (χ3n) is 4.64. The fourth-order valence-electron chi connectivity index (χ4n) is 3.23. The Morgan fingerprint density at radius 2 is 2.00 bits per heavy atom. The van der Waals surface area contributed by atoms with Crippen LogP contribution in [-0.4, -0.2) is 44.8 Å². The molecule has 0 fully saturated rings. The largest absolute Gasteiger partial charge is 0.454 e. The van der Waals surface area contributed by atoms with Crippen molar-refractivity contribution in [2.24, 2.45) is 0 Å². The van der Waals surface area contributed by atoms with Gasteiger partial charge in [-0.2, -0.15) is 5.10 Å². The smallest absolute Gasteiger partial charge is 0.231 e. The summed E-state index contributed by atoms with van der Waals surface area (Å²) in [5.41, 5.74) is 4.01. The number of aliphatic hydroxyl groups excluding tert-OH is 2. The lowest BCUT2D eigenvalue weighted by atomic mass is 10.1. The summed E-state index contributed by atoms with van der Waals surface area (Å²) in [6.07, 6.45) is -0.910. The van der Waals surface area contributed by atoms with Gasteiger partial charge in [-0.25, -0.2) is 0 Å². The quantitative estimate of drug-likeness (QED) is 0.869. The van der Waals surface area contributed by atoms with Crippen LogP contribution in [0.4, 0.5) is 0 Å². The molecule has 0 amide bonds. The molecule has 7 heteroatoms. The number of aryl methyl sites for hydroxylation is 1. The number of nitrogens with zero attached hydrogens (tertiary/aromatic N) is 3. The minimum atomic E-state index is -0.910. The Hall–Kier alpha value is -2.09. The number of hydrogen-bond acceptors (Lipinski definition) is 6. The van der Waals surface area contributed by atoms with E-state index in [0.29, 0.717) is 5.69 Å². The molecule has 3 heterocycles. The average molecular weight is 331 g/mol. The predicted molar refractivity (Wildman–Crippen MR) is 85.7 cm³/mol. The molecule has 0 saturated heterocycles. The molecule has 0 aliphatic carbocycles. The van der Waals surface area contributed by atoms with Gasteiger partial charge in [-0.3, -0.25) is 9.58 Å². The summed E-state index contributed by atoms with van der Waals surface area (Å²) in [4.78, 5) is 2.34. The summed E-state index contributed by atoms with van der Waals surface area (Å²) in [7, 11) is 0. The molecular formula is C17H21N3O4. The minimum absolute atomic E-state index is 0.289. The highest BCUT2D eigenvalue weighted by molar-refractivity contribution is 5.48. The monoisotopic (exact) mass is 331 g/mol. The van der Waals surface area contributed by atoms with Crippen LogP contribution in [0.25, 0.3) is 0 Å². The van der Waals surface area contributed by atoms with Crippen LogP contribution in [0.15, 0.2) is 18.2 Å². The fraction of sp³-hybridized carbons (Fsp3) is 0.471. The maximum absolute atomic E-state index is 9.74. The number of ether oxygens (including phenoxy) is 2. The van der Waals surface area contributed by atoms with Gasteiger partial charge in [0.25, 0.3) is 0 Å². The number of aromatic nitrogens is 2. The molecule has 0 radical (unpaired) electrons. The Labute approximate surface area is 140 Å². The van der Waals surface area contributed by atoms with Gasteiger partial charge in [0.1, 0.15) is 6.10 Å². The van der Waals surface area contributed by atoms with Crippen molar-refractivity contribution >= 4 is 0 Å². The van der Waals surface area contributed by atoms with Crippen LogP contribution < -0.4 is 9.47 Å². The van der Waals surface area contributed by atoms with Crippen molar-refractivity contribution in [3.8, 4) is 11.5 Å². The van der Waals surface area contributed by atoms with Crippen LogP contribution in [0.5, 0.6) is 11.5 Å². The summed E-state index contributed by atoms with van der Waals surface area (Å²) in [6, 6.07) is 5.96. The van der Waals surface area contributed by atoms with Crippen molar-refractivity contribution in [1.82, 2.24) is 14.7 Å². The van der Waals surface area contributed by atoms with E-state index in [-0.39, 0.29) is 13.4 Å². The molecule has 4 rings (SSSR count). The van der Waals surface area contributed by atoms with E-state index in [2.05, 4.69) is 23.0 Å². The first-order valence-electron chi connectivity index (χ1n) is 8.11. The van der Waals surface area contributed by atoms with Gasteiger partial charge in [0.15, 0.2) is 11.5 Å². The maximum Gasteiger partial charge on any atom is 0.231 e. The van der Waals surface area contributed by atoms with E-state index in [9.17, 15) is 5.11 Å². The lowest BCUT2D eigenvalue weighted by Crippen LogP contribution is -2.33. The fourth-order valence-corrected chi connectivity index (χ4v) is 3.23. The zero-order valence-corrected chi connectivity index (χ0v) is 13.6. The molecule has 2 N–H and O–H groups in total. The number of fused-ring (bicyclic) bond motifs is 2. The minimum Gasteiger partial charge on any atom is -0.454 e. The van der Waals surface area contributed by atoms with Gasteiger partial charge in [0.05, 0.1) is 24.5 Å². The lowest BCUT2D eigenvalue weighted by Gasteiger charge is -2.28. The van der Waals surface area contributed by atoms with Crippen molar-refractivity contribution < 1.29 is 19.7 Å². The first-order valence-corrected chi connectivity index (χ1v) is 8.11. The van der Waals surface area contributed by atoms with Gasteiger partial charge in [-0.15, -0.1) is 0 Å². The molecule has 2 aliphatic rings. The first-order chi connectivity index (χ1) is 11.6. The SMILES string of the molecule is Cc1cc2c(cc1CN1CCn3nc([C@H](O)CO)cc3C1)OCO2. The molecular weight excluding hydrogens is 310 g/mol. The first kappa shape index (κ1) is 15.4. The summed E-state index contributed by atoms with van der Waals surface area (Å²) in [5.74, 6) is 1.63. The summed E-state index contributed by atoms with van der Waals surface area (Å²) in [6.45, 7) is 5.31. The standard InChI is InChI=1S/C17H21N3O4/c1-11-4-16-17(24-10-23-16)5-12(11)7-19-2-3-20-13(8-19)6-14(18-20)15(22)9-21/h4-6,15,21-22H,2-3,7-10H2,1H3/t15-/m1/s1. The molecule has 24 heavy (non-hydrogen) atoms. The van der Waals surface area contributed by atoms with E-state index in [0.717, 1.165) is 43.4 Å². The Kier molecular flexibility index (Phi) is 3.91. The van der Waals surface area contributed by atoms with Crippen molar-refractivity contribution in [1.29, 1.82) is 0 Å². The zero-order valence-electron chi connectivity index (χ0n) is 13.6. The zero-order chi connectivity index (χ0) is 16.7. The predicted octanol–water partition coefficient (Wildman–Crippen LogP) is 0.962. The van der Waals surface area contributed by atoms with Crippen LogP contribution in [0.1, 0.15) is 28.6 Å². The third kappa shape index (κ3) is 2.75. The van der Waals surface area contributed by atoms with Crippen molar-refractivity contribution in [3.05, 3.63) is 40.7 Å². The summed E-state index contributed by atoms with van der Waals surface area (Å²) in [5, 5.41) is 23.2. The van der Waals surface area contributed by atoms with E-state index in [1.807, 2.05) is 16.8 Å². The molecule has 0 bridgehead atoms. The molecule has 1 aromatic heterocycles. The highest BCUT2D eigenvalue weighted by atomic mass is 16.7. The topological polar surface area (TPSA) is 80.0 Å². The van der Waals surface area contributed by atoms with Crippen LogP contribution in [0, 0.1) is 6.92 Å². The second kappa shape index (κ2) is 6.08. The molecule has 2 aliphatic heterocycles. The van der Waals surface area contributed by atoms with Crippen molar-refractivity contribution in [3.63, 3.8) is 0 Å². The third-order valence-corrected chi connectivity index (χ3v) is 4.64. The lowest BCUT2D eigenvalue weighted by molar-refractivity contribution is 0.0915. The Bertz CT molecular complexity index is 759. The maximum atomic E-state index is 9.74. The van der Waals surface area contributed by atoms with E-state index in [1.165, 1.54) is 11.1 Å². The number of rotatable bonds is 4. The molecule has 7 nitrogen and oxygen atoms in total. The van der Waals surface area contributed by atoms with Gasteiger partial charge in [0, 0.05) is 19.6 Å². The van der Waals surface area contributed by atoms with Crippen LogP contribution in [0.3, 0.4) is 0 Å². The van der Waals surface area contributed by atoms with Crippen LogP contribution in [0.2, 0.25) is 0 Å². The molecule has 0 unspecified atom stereocenters. The molecule has 0 spiro atoms. The second-order valence-electron chi connectivity index (χ2n) is 6.32. The van der Waals surface area contributed by atoms with E-state index >= 15 is 0 Å². The Morgan fingerprint density at radius 3 is 2.79 bits per heavy atom. The molecule has 1 atom stereocenters. The van der Waals surface area contributed by atoms with Gasteiger partial charge >= 0.3 is 0 Å². The molecule has 128 valence electrons. The van der Waals surface area contributed by atoms with E-state index < -0.39 is 6.10 Å². The van der Waals surface area contributed by atoms with Gasteiger partial charge < -0.3 is 19.7 Å². The highest BCUT2D eigenvalue weighted by Crippen LogP contribution is 2.35.